The average Bonchev–Trinajstić information content (AvgIpc) is 2.03. The third kappa shape index (κ3) is 4.05. The van der Waals surface area contributed by atoms with E-state index in [-0.39, 0.29) is 9.90 Å². The van der Waals surface area contributed by atoms with Crippen LogP contribution in [0.25, 0.3) is 0 Å². The van der Waals surface area contributed by atoms with Crippen molar-refractivity contribution in [2.45, 2.75) is 26.2 Å². The summed E-state index contributed by atoms with van der Waals surface area (Å²) >= 11 is 0. The van der Waals surface area contributed by atoms with Gasteiger partial charge in [-0.1, -0.05) is 13.3 Å². The molecule has 1 aromatic rings. The van der Waals surface area contributed by atoms with Gasteiger partial charge in [0.1, 0.15) is 5.82 Å². The quantitative estimate of drug-likeness (QED) is 0.647. The number of aromatic nitrogens is 2. The molecule has 0 saturated heterocycles. The van der Waals surface area contributed by atoms with Gasteiger partial charge in [-0.15, -0.1) is 0 Å². The molecular formula is C8H12N2P. The van der Waals surface area contributed by atoms with Crippen molar-refractivity contribution < 1.29 is 0 Å². The van der Waals surface area contributed by atoms with Gasteiger partial charge in [0, 0.05) is 28.7 Å². The zero-order chi connectivity index (χ0) is 7.23. The number of nitrogens with zero attached hydrogens (tertiary/aromatic N) is 2. The van der Waals surface area contributed by atoms with Gasteiger partial charge in [-0.25, -0.2) is 9.97 Å². The molecule has 0 N–H and O–H groups in total. The van der Waals surface area contributed by atoms with Crippen LogP contribution in [0.1, 0.15) is 25.6 Å². The van der Waals surface area contributed by atoms with Crippen LogP contribution in [0, 0.1) is 0 Å². The van der Waals surface area contributed by atoms with Gasteiger partial charge in [-0.05, 0) is 12.5 Å². The lowest BCUT2D eigenvalue weighted by Crippen LogP contribution is -1.91. The van der Waals surface area contributed by atoms with Crippen LogP contribution < -0.4 is 0 Å². The van der Waals surface area contributed by atoms with Gasteiger partial charge in [-0.3, -0.25) is 0 Å². The SMILES string of the molecule is CCCCc1ncccn1.[P]. The Labute approximate surface area is 71.1 Å². The number of unbranched alkanes of at least 4 members (excludes halogenated alkanes) is 1. The van der Waals surface area contributed by atoms with Crippen LogP contribution in [0.2, 0.25) is 0 Å². The summed E-state index contributed by atoms with van der Waals surface area (Å²) in [7, 11) is 0. The molecule has 1 rings (SSSR count). The molecule has 0 aromatic carbocycles. The highest BCUT2D eigenvalue weighted by Gasteiger charge is 1.90. The summed E-state index contributed by atoms with van der Waals surface area (Å²) in [6.45, 7) is 2.17. The van der Waals surface area contributed by atoms with Crippen molar-refractivity contribution in [2.24, 2.45) is 0 Å². The lowest BCUT2D eigenvalue weighted by Gasteiger charge is -1.94. The van der Waals surface area contributed by atoms with Crippen LogP contribution in [0.15, 0.2) is 18.5 Å². The first-order valence-electron chi connectivity index (χ1n) is 3.69. The molecule has 3 radical (unpaired) electrons. The highest BCUT2D eigenvalue weighted by Crippen LogP contribution is 1.95. The van der Waals surface area contributed by atoms with Gasteiger partial charge in [0.15, 0.2) is 0 Å². The van der Waals surface area contributed by atoms with E-state index < -0.39 is 0 Å². The molecule has 59 valence electrons. The fourth-order valence-corrected chi connectivity index (χ4v) is 0.794. The molecule has 0 aliphatic rings. The molecule has 3 heteroatoms. The molecule has 0 bridgehead atoms. The van der Waals surface area contributed by atoms with E-state index in [1.165, 1.54) is 12.8 Å². The summed E-state index contributed by atoms with van der Waals surface area (Å²) in [6.07, 6.45) is 6.98. The zero-order valence-corrected chi connectivity index (χ0v) is 7.59. The molecular weight excluding hydrogens is 155 g/mol. The van der Waals surface area contributed by atoms with Crippen LogP contribution in [-0.2, 0) is 6.42 Å². The van der Waals surface area contributed by atoms with Crippen molar-refractivity contribution >= 4 is 9.90 Å². The maximum Gasteiger partial charge on any atom is 0.128 e. The fourth-order valence-electron chi connectivity index (χ4n) is 0.794. The molecule has 1 aromatic heterocycles. The first-order valence-corrected chi connectivity index (χ1v) is 3.69. The van der Waals surface area contributed by atoms with E-state index in [9.17, 15) is 0 Å². The molecule has 0 aliphatic carbocycles. The van der Waals surface area contributed by atoms with Crippen LogP contribution in [0.4, 0.5) is 0 Å². The molecule has 0 fully saturated rings. The number of hydrogen-bond donors (Lipinski definition) is 0. The molecule has 11 heavy (non-hydrogen) atoms. The smallest absolute Gasteiger partial charge is 0.128 e. The Morgan fingerprint density at radius 2 is 1.91 bits per heavy atom. The predicted octanol–water partition coefficient (Wildman–Crippen LogP) is 2.68. The van der Waals surface area contributed by atoms with E-state index in [4.69, 9.17) is 0 Å². The maximum absolute atomic E-state index is 4.11. The molecule has 0 atom stereocenters. The van der Waals surface area contributed by atoms with Crippen molar-refractivity contribution in [1.29, 1.82) is 0 Å². The monoisotopic (exact) mass is 167 g/mol. The molecule has 0 unspecified atom stereocenters. The molecule has 1 heterocycles. The summed E-state index contributed by atoms with van der Waals surface area (Å²) in [6, 6.07) is 1.84. The van der Waals surface area contributed by atoms with E-state index in [0.717, 1.165) is 12.2 Å². The maximum atomic E-state index is 4.11. The third-order valence-corrected chi connectivity index (χ3v) is 1.37. The van der Waals surface area contributed by atoms with Crippen molar-refractivity contribution in [3.8, 4) is 0 Å². The van der Waals surface area contributed by atoms with E-state index in [1.54, 1.807) is 12.4 Å². The van der Waals surface area contributed by atoms with Gasteiger partial charge in [0.25, 0.3) is 0 Å². The molecule has 0 aliphatic heterocycles. The first-order chi connectivity index (χ1) is 4.93. The summed E-state index contributed by atoms with van der Waals surface area (Å²) in [5.41, 5.74) is 0. The summed E-state index contributed by atoms with van der Waals surface area (Å²) in [5, 5.41) is 0. The van der Waals surface area contributed by atoms with Crippen LogP contribution in [0.3, 0.4) is 0 Å². The topological polar surface area (TPSA) is 25.8 Å². The van der Waals surface area contributed by atoms with Gasteiger partial charge in [0.05, 0.1) is 0 Å². The van der Waals surface area contributed by atoms with Crippen LogP contribution in [0.5, 0.6) is 0 Å². The Bertz CT molecular complexity index is 177. The van der Waals surface area contributed by atoms with E-state index in [0.29, 0.717) is 0 Å². The molecule has 0 saturated carbocycles. The molecule has 2 nitrogen and oxygen atoms in total. The standard InChI is InChI=1S/C8H12N2.P/c1-2-3-5-8-9-6-4-7-10-8;/h4,6-7H,2-3,5H2,1H3;. The normalized spacial score (nSPS) is 8.82. The van der Waals surface area contributed by atoms with Crippen LogP contribution >= 0.6 is 9.90 Å². The van der Waals surface area contributed by atoms with E-state index in [2.05, 4.69) is 16.9 Å². The Kier molecular flexibility index (Phi) is 5.96. The van der Waals surface area contributed by atoms with Gasteiger partial charge in [-0.2, -0.15) is 0 Å². The lowest BCUT2D eigenvalue weighted by molar-refractivity contribution is 0.752. The number of aryl methyl sites for hydroxylation is 1. The van der Waals surface area contributed by atoms with Gasteiger partial charge in [0.2, 0.25) is 0 Å². The van der Waals surface area contributed by atoms with Crippen molar-refractivity contribution in [1.82, 2.24) is 9.97 Å². The third-order valence-electron chi connectivity index (χ3n) is 1.37. The largest absolute Gasteiger partial charge is 0.241 e. The van der Waals surface area contributed by atoms with E-state index in [1.807, 2.05) is 6.07 Å². The lowest BCUT2D eigenvalue weighted by atomic mass is 10.2. The first kappa shape index (κ1) is 10.5. The number of rotatable bonds is 3. The summed E-state index contributed by atoms with van der Waals surface area (Å²) in [5.74, 6) is 0.962. The minimum Gasteiger partial charge on any atom is -0.241 e. The Hall–Kier alpha value is -0.490. The second kappa shape index (κ2) is 6.23. The van der Waals surface area contributed by atoms with Gasteiger partial charge >= 0.3 is 0 Å². The zero-order valence-electron chi connectivity index (χ0n) is 6.70. The summed E-state index contributed by atoms with van der Waals surface area (Å²) in [4.78, 5) is 8.21. The second-order valence-corrected chi connectivity index (χ2v) is 2.27. The van der Waals surface area contributed by atoms with Crippen molar-refractivity contribution in [2.75, 3.05) is 0 Å². The van der Waals surface area contributed by atoms with Crippen LogP contribution in [-0.4, -0.2) is 9.97 Å². The average molecular weight is 167 g/mol. The molecule has 0 spiro atoms. The second-order valence-electron chi connectivity index (χ2n) is 2.27. The highest BCUT2D eigenvalue weighted by molar-refractivity contribution is 6.92. The van der Waals surface area contributed by atoms with E-state index >= 15 is 0 Å². The number of hydrogen-bond acceptors (Lipinski definition) is 2. The molecule has 0 amide bonds. The van der Waals surface area contributed by atoms with Gasteiger partial charge < -0.3 is 0 Å². The fraction of sp³-hybridized carbons (Fsp3) is 0.500. The minimum atomic E-state index is 0. The highest BCUT2D eigenvalue weighted by atomic mass is 31.0. The Morgan fingerprint density at radius 1 is 1.27 bits per heavy atom. The minimum absolute atomic E-state index is 0. The van der Waals surface area contributed by atoms with Crippen molar-refractivity contribution in [3.05, 3.63) is 24.3 Å². The van der Waals surface area contributed by atoms with Crippen molar-refractivity contribution in [3.63, 3.8) is 0 Å². The summed E-state index contributed by atoms with van der Waals surface area (Å²) < 4.78 is 0. The Morgan fingerprint density at radius 3 is 2.45 bits per heavy atom. The predicted molar refractivity (Wildman–Crippen MR) is 47.6 cm³/mol. The Balaban J connectivity index is 0.000001000.